The van der Waals surface area contributed by atoms with Crippen LogP contribution < -0.4 is 4.90 Å². The van der Waals surface area contributed by atoms with Crippen molar-refractivity contribution in [1.82, 2.24) is 9.80 Å². The lowest BCUT2D eigenvalue weighted by Gasteiger charge is -2.22. The third-order valence-corrected chi connectivity index (χ3v) is 5.06. The largest absolute Gasteiger partial charge is 0.328 e. The summed E-state index contributed by atoms with van der Waals surface area (Å²) in [4.78, 5) is 42.2. The van der Waals surface area contributed by atoms with Gasteiger partial charge in [0.2, 0.25) is 5.91 Å². The summed E-state index contributed by atoms with van der Waals surface area (Å²) in [5.74, 6) is -0.353. The molecule has 23 heavy (non-hydrogen) atoms. The Bertz CT molecular complexity index is 663. The summed E-state index contributed by atoms with van der Waals surface area (Å²) in [6.07, 6.45) is 2.08. The van der Waals surface area contributed by atoms with Gasteiger partial charge in [-0.3, -0.25) is 9.59 Å². The molecular weight excluding hydrogens is 294 g/mol. The Morgan fingerprint density at radius 3 is 2.35 bits per heavy atom. The second kappa shape index (κ2) is 5.08. The summed E-state index contributed by atoms with van der Waals surface area (Å²) < 4.78 is 0. The molecule has 1 aromatic carbocycles. The van der Waals surface area contributed by atoms with Crippen LogP contribution in [0.1, 0.15) is 24.8 Å². The predicted octanol–water partition coefficient (Wildman–Crippen LogP) is 1.53. The van der Waals surface area contributed by atoms with Crippen molar-refractivity contribution in [3.8, 4) is 0 Å². The van der Waals surface area contributed by atoms with E-state index in [4.69, 9.17) is 0 Å². The normalized spacial score (nSPS) is 27.3. The van der Waals surface area contributed by atoms with E-state index in [1.165, 1.54) is 4.90 Å². The van der Waals surface area contributed by atoms with Gasteiger partial charge in [0.25, 0.3) is 5.91 Å². The number of imide groups is 1. The second-order valence-electron chi connectivity index (χ2n) is 6.47. The molecule has 3 aliphatic heterocycles. The highest BCUT2D eigenvalue weighted by Crippen LogP contribution is 2.32. The monoisotopic (exact) mass is 313 g/mol. The smallest absolute Gasteiger partial charge is 0.312 e. The molecule has 6 heteroatoms. The van der Waals surface area contributed by atoms with Crippen LogP contribution in [0.3, 0.4) is 0 Å². The Morgan fingerprint density at radius 2 is 1.65 bits per heavy atom. The summed E-state index contributed by atoms with van der Waals surface area (Å²) in [6, 6.07) is 6.44. The van der Waals surface area contributed by atoms with Crippen molar-refractivity contribution in [2.75, 3.05) is 18.0 Å². The van der Waals surface area contributed by atoms with Gasteiger partial charge < -0.3 is 9.80 Å². The van der Waals surface area contributed by atoms with Gasteiger partial charge in [0.1, 0.15) is 12.1 Å². The molecule has 4 rings (SSSR count). The second-order valence-corrected chi connectivity index (χ2v) is 6.47. The van der Waals surface area contributed by atoms with Crippen molar-refractivity contribution in [3.05, 3.63) is 29.8 Å². The van der Waals surface area contributed by atoms with Gasteiger partial charge in [0.05, 0.1) is 0 Å². The van der Waals surface area contributed by atoms with Crippen LogP contribution in [-0.2, 0) is 9.59 Å². The van der Waals surface area contributed by atoms with E-state index in [0.717, 1.165) is 17.7 Å². The van der Waals surface area contributed by atoms with Crippen LogP contribution in [0.2, 0.25) is 0 Å². The van der Waals surface area contributed by atoms with Gasteiger partial charge >= 0.3 is 6.03 Å². The van der Waals surface area contributed by atoms with E-state index in [-0.39, 0.29) is 23.9 Å². The molecule has 4 amide bonds. The van der Waals surface area contributed by atoms with E-state index in [0.29, 0.717) is 25.9 Å². The SMILES string of the molecule is Cc1ccc(N2CC[C@@H](N3C(=O)[C@H]4CCCN4C3=O)C2=O)cc1. The minimum atomic E-state index is -0.651. The highest BCUT2D eigenvalue weighted by Gasteiger charge is 2.53. The zero-order valence-electron chi connectivity index (χ0n) is 13.1. The topological polar surface area (TPSA) is 60.9 Å². The number of benzene rings is 1. The van der Waals surface area contributed by atoms with E-state index >= 15 is 0 Å². The zero-order valence-corrected chi connectivity index (χ0v) is 13.1. The number of urea groups is 1. The molecule has 0 radical (unpaired) electrons. The fourth-order valence-electron chi connectivity index (χ4n) is 3.82. The highest BCUT2D eigenvalue weighted by molar-refractivity contribution is 6.10. The van der Waals surface area contributed by atoms with Crippen LogP contribution in [0.15, 0.2) is 24.3 Å². The molecule has 3 heterocycles. The third-order valence-electron chi connectivity index (χ3n) is 5.06. The summed E-state index contributed by atoms with van der Waals surface area (Å²) in [7, 11) is 0. The van der Waals surface area contributed by atoms with Gasteiger partial charge in [-0.1, -0.05) is 17.7 Å². The molecule has 2 atom stereocenters. The molecule has 3 saturated heterocycles. The minimum absolute atomic E-state index is 0.156. The van der Waals surface area contributed by atoms with Crippen molar-refractivity contribution < 1.29 is 14.4 Å². The Labute approximate surface area is 134 Å². The molecule has 1 aromatic rings. The van der Waals surface area contributed by atoms with Gasteiger partial charge in [-0.15, -0.1) is 0 Å². The first-order valence-corrected chi connectivity index (χ1v) is 8.09. The molecule has 3 fully saturated rings. The summed E-state index contributed by atoms with van der Waals surface area (Å²) in [5, 5.41) is 0. The van der Waals surface area contributed by atoms with Crippen LogP contribution in [-0.4, -0.2) is 52.8 Å². The number of rotatable bonds is 2. The van der Waals surface area contributed by atoms with Crippen LogP contribution in [0.4, 0.5) is 10.5 Å². The first-order valence-electron chi connectivity index (χ1n) is 8.09. The van der Waals surface area contributed by atoms with E-state index in [9.17, 15) is 14.4 Å². The Kier molecular flexibility index (Phi) is 3.14. The Balaban J connectivity index is 1.57. The van der Waals surface area contributed by atoms with Crippen molar-refractivity contribution in [1.29, 1.82) is 0 Å². The standard InChI is InChI=1S/C17H19N3O3/c1-11-4-6-12(7-5-11)18-10-8-14(15(18)21)20-16(22)13-3-2-9-19(13)17(20)23/h4-7,13-14H,2-3,8-10H2,1H3/t13-,14-/m1/s1. The molecule has 0 N–H and O–H groups in total. The maximum absolute atomic E-state index is 12.7. The van der Waals surface area contributed by atoms with Crippen LogP contribution >= 0.6 is 0 Å². The van der Waals surface area contributed by atoms with Crippen LogP contribution in [0.25, 0.3) is 0 Å². The van der Waals surface area contributed by atoms with Gasteiger partial charge in [0.15, 0.2) is 0 Å². The number of carbonyl (C=O) groups excluding carboxylic acids is 3. The molecular formula is C17H19N3O3. The van der Waals surface area contributed by atoms with Crippen LogP contribution in [0.5, 0.6) is 0 Å². The molecule has 0 bridgehead atoms. The van der Waals surface area contributed by atoms with Crippen molar-refractivity contribution in [3.63, 3.8) is 0 Å². The zero-order chi connectivity index (χ0) is 16.1. The summed E-state index contributed by atoms with van der Waals surface area (Å²) in [5.41, 5.74) is 1.95. The number of hydrogen-bond acceptors (Lipinski definition) is 3. The van der Waals surface area contributed by atoms with E-state index < -0.39 is 6.04 Å². The van der Waals surface area contributed by atoms with E-state index in [2.05, 4.69) is 0 Å². The fraction of sp³-hybridized carbons (Fsp3) is 0.471. The lowest BCUT2D eigenvalue weighted by molar-refractivity contribution is -0.133. The van der Waals surface area contributed by atoms with Gasteiger partial charge in [0, 0.05) is 18.8 Å². The number of carbonyl (C=O) groups is 3. The number of aryl methyl sites for hydroxylation is 1. The first-order chi connectivity index (χ1) is 11.1. The minimum Gasteiger partial charge on any atom is -0.312 e. The van der Waals surface area contributed by atoms with E-state index in [1.54, 1.807) is 9.80 Å². The molecule has 0 saturated carbocycles. The summed E-state index contributed by atoms with van der Waals surface area (Å²) in [6.45, 7) is 3.15. The molecule has 0 unspecified atom stereocenters. The number of fused-ring (bicyclic) bond motifs is 1. The molecule has 0 aliphatic carbocycles. The molecule has 120 valence electrons. The van der Waals surface area contributed by atoms with Crippen molar-refractivity contribution in [2.45, 2.75) is 38.3 Å². The summed E-state index contributed by atoms with van der Waals surface area (Å²) >= 11 is 0. The maximum Gasteiger partial charge on any atom is 0.328 e. The molecule has 0 aromatic heterocycles. The lowest BCUT2D eigenvalue weighted by Crippen LogP contribution is -2.46. The number of hydrogen-bond donors (Lipinski definition) is 0. The third kappa shape index (κ3) is 2.04. The van der Waals surface area contributed by atoms with Gasteiger partial charge in [-0.2, -0.15) is 0 Å². The van der Waals surface area contributed by atoms with Gasteiger partial charge in [-0.25, -0.2) is 9.69 Å². The lowest BCUT2D eigenvalue weighted by atomic mass is 10.1. The highest BCUT2D eigenvalue weighted by atomic mass is 16.2. The quantitative estimate of drug-likeness (QED) is 0.778. The van der Waals surface area contributed by atoms with E-state index in [1.807, 2.05) is 31.2 Å². The molecule has 3 aliphatic rings. The predicted molar refractivity (Wildman–Crippen MR) is 83.9 cm³/mol. The van der Waals surface area contributed by atoms with Crippen molar-refractivity contribution >= 4 is 23.5 Å². The molecule has 6 nitrogen and oxygen atoms in total. The first kappa shape index (κ1) is 14.2. The maximum atomic E-state index is 12.7. The fourth-order valence-corrected chi connectivity index (χ4v) is 3.82. The van der Waals surface area contributed by atoms with Crippen molar-refractivity contribution in [2.24, 2.45) is 0 Å². The number of nitrogens with zero attached hydrogens (tertiary/aromatic N) is 3. The average Bonchev–Trinajstić information content (AvgIpc) is 3.20. The molecule has 0 spiro atoms. The number of amides is 4. The Morgan fingerprint density at radius 1 is 0.913 bits per heavy atom. The van der Waals surface area contributed by atoms with Crippen LogP contribution in [0, 0.1) is 6.92 Å². The van der Waals surface area contributed by atoms with Gasteiger partial charge in [-0.05, 0) is 38.3 Å². The average molecular weight is 313 g/mol. The Hall–Kier alpha value is -2.37. The number of anilines is 1.